The summed E-state index contributed by atoms with van der Waals surface area (Å²) in [5.74, 6) is 0.515. The Labute approximate surface area is 161 Å². The monoisotopic (exact) mass is 373 g/mol. The topological polar surface area (TPSA) is 61.9 Å². The Kier molecular flexibility index (Phi) is 5.63. The van der Waals surface area contributed by atoms with E-state index in [2.05, 4.69) is 16.3 Å². The van der Waals surface area contributed by atoms with Crippen LogP contribution in [0.4, 0.5) is 16.2 Å². The van der Waals surface area contributed by atoms with Crippen molar-refractivity contribution in [2.75, 3.05) is 36.4 Å². The third-order valence-electron chi connectivity index (χ3n) is 5.19. The number of anilines is 2. The summed E-state index contributed by atoms with van der Waals surface area (Å²) in [5.41, 5.74) is 1.52. The zero-order valence-corrected chi connectivity index (χ0v) is 16.8. The number of amides is 2. The fourth-order valence-electron chi connectivity index (χ4n) is 3.73. The van der Waals surface area contributed by atoms with Gasteiger partial charge in [0.1, 0.15) is 5.60 Å². The van der Waals surface area contributed by atoms with E-state index in [0.29, 0.717) is 5.92 Å². The Hall–Kier alpha value is -2.24. The molecule has 2 aliphatic heterocycles. The Morgan fingerprint density at radius 3 is 2.56 bits per heavy atom. The third-order valence-corrected chi connectivity index (χ3v) is 5.19. The quantitative estimate of drug-likeness (QED) is 0.858. The van der Waals surface area contributed by atoms with Crippen LogP contribution in [0.5, 0.6) is 0 Å². The van der Waals surface area contributed by atoms with Crippen LogP contribution in [-0.4, -0.2) is 48.7 Å². The smallest absolute Gasteiger partial charge is 0.410 e. The Bertz CT molecular complexity index is 690. The van der Waals surface area contributed by atoms with Crippen LogP contribution in [0.3, 0.4) is 0 Å². The van der Waals surface area contributed by atoms with Crippen molar-refractivity contribution in [2.24, 2.45) is 11.8 Å². The number of hydrogen-bond donors (Lipinski definition) is 1. The fraction of sp³-hybridized carbons (Fsp3) is 0.619. The van der Waals surface area contributed by atoms with Crippen molar-refractivity contribution in [2.45, 2.75) is 46.1 Å². The summed E-state index contributed by atoms with van der Waals surface area (Å²) < 4.78 is 5.48. The highest BCUT2D eigenvalue weighted by Gasteiger charge is 2.30. The van der Waals surface area contributed by atoms with E-state index in [1.54, 1.807) is 0 Å². The van der Waals surface area contributed by atoms with Crippen LogP contribution in [0, 0.1) is 11.8 Å². The number of nitrogens with zero attached hydrogens (tertiary/aromatic N) is 2. The van der Waals surface area contributed by atoms with Gasteiger partial charge in [-0.05, 0) is 51.7 Å². The number of carbonyl (C=O) groups is 2. The van der Waals surface area contributed by atoms with Crippen LogP contribution >= 0.6 is 0 Å². The average molecular weight is 373 g/mol. The van der Waals surface area contributed by atoms with Gasteiger partial charge in [-0.2, -0.15) is 0 Å². The van der Waals surface area contributed by atoms with Crippen LogP contribution in [-0.2, 0) is 9.53 Å². The highest BCUT2D eigenvalue weighted by molar-refractivity contribution is 5.97. The summed E-state index contributed by atoms with van der Waals surface area (Å²) in [6, 6.07) is 8.00. The molecule has 0 aromatic heterocycles. The van der Waals surface area contributed by atoms with Gasteiger partial charge in [0, 0.05) is 26.2 Å². The molecule has 6 nitrogen and oxygen atoms in total. The summed E-state index contributed by atoms with van der Waals surface area (Å²) in [4.78, 5) is 28.6. The molecule has 0 bridgehead atoms. The maximum atomic E-state index is 12.3. The first-order valence-corrected chi connectivity index (χ1v) is 9.85. The molecule has 0 radical (unpaired) electrons. The predicted molar refractivity (Wildman–Crippen MR) is 107 cm³/mol. The summed E-state index contributed by atoms with van der Waals surface area (Å²) in [6.07, 6.45) is 1.69. The number of fused-ring (bicyclic) bond motifs is 1. The largest absolute Gasteiger partial charge is 0.444 e. The Morgan fingerprint density at radius 1 is 1.22 bits per heavy atom. The molecule has 1 aromatic rings. The SMILES string of the molecule is C[C@@H]1CN(CC2CCN(C(=O)OC(C)(C)C)CC2)c2ccccc2NC1=O. The van der Waals surface area contributed by atoms with Crippen molar-refractivity contribution >= 4 is 23.4 Å². The minimum Gasteiger partial charge on any atom is -0.444 e. The van der Waals surface area contributed by atoms with E-state index in [0.717, 1.165) is 50.4 Å². The van der Waals surface area contributed by atoms with Gasteiger partial charge in [-0.25, -0.2) is 4.79 Å². The molecule has 148 valence electrons. The van der Waals surface area contributed by atoms with Gasteiger partial charge in [0.15, 0.2) is 0 Å². The minimum absolute atomic E-state index is 0.0562. The number of para-hydroxylation sites is 2. The van der Waals surface area contributed by atoms with Gasteiger partial charge < -0.3 is 19.9 Å². The van der Waals surface area contributed by atoms with E-state index in [9.17, 15) is 9.59 Å². The van der Waals surface area contributed by atoms with Crippen molar-refractivity contribution in [3.8, 4) is 0 Å². The van der Waals surface area contributed by atoms with Crippen molar-refractivity contribution < 1.29 is 14.3 Å². The lowest BCUT2D eigenvalue weighted by Gasteiger charge is -2.36. The van der Waals surface area contributed by atoms with E-state index in [1.807, 2.05) is 50.8 Å². The molecule has 2 aliphatic rings. The van der Waals surface area contributed by atoms with Gasteiger partial charge in [0.25, 0.3) is 0 Å². The number of likely N-dealkylation sites (tertiary alicyclic amines) is 1. The number of piperidine rings is 1. The molecular weight excluding hydrogens is 342 g/mol. The maximum Gasteiger partial charge on any atom is 0.410 e. The van der Waals surface area contributed by atoms with Crippen LogP contribution in [0.2, 0.25) is 0 Å². The van der Waals surface area contributed by atoms with E-state index in [4.69, 9.17) is 4.74 Å². The number of carbonyl (C=O) groups excluding carboxylic acids is 2. The second-order valence-electron chi connectivity index (χ2n) is 8.72. The fourth-order valence-corrected chi connectivity index (χ4v) is 3.73. The second-order valence-corrected chi connectivity index (χ2v) is 8.72. The highest BCUT2D eigenvalue weighted by atomic mass is 16.6. The maximum absolute atomic E-state index is 12.3. The second kappa shape index (κ2) is 7.79. The molecule has 0 aliphatic carbocycles. The number of ether oxygens (including phenoxy) is 1. The average Bonchev–Trinajstić information content (AvgIpc) is 2.71. The van der Waals surface area contributed by atoms with Crippen molar-refractivity contribution in [1.29, 1.82) is 0 Å². The van der Waals surface area contributed by atoms with Crippen molar-refractivity contribution in [1.82, 2.24) is 4.90 Å². The molecule has 2 heterocycles. The first kappa shape index (κ1) is 19.5. The highest BCUT2D eigenvalue weighted by Crippen LogP contribution is 2.32. The van der Waals surface area contributed by atoms with Gasteiger partial charge in [0.2, 0.25) is 5.91 Å². The summed E-state index contributed by atoms with van der Waals surface area (Å²) in [6.45, 7) is 10.7. The van der Waals surface area contributed by atoms with Crippen LogP contribution in [0.25, 0.3) is 0 Å². The molecule has 1 fully saturated rings. The predicted octanol–water partition coefficient (Wildman–Crippen LogP) is 3.73. The molecule has 1 saturated heterocycles. The number of benzene rings is 1. The molecule has 1 atom stereocenters. The van der Waals surface area contributed by atoms with E-state index in [-0.39, 0.29) is 17.9 Å². The number of hydrogen-bond acceptors (Lipinski definition) is 4. The molecule has 3 rings (SSSR count). The van der Waals surface area contributed by atoms with Gasteiger partial charge >= 0.3 is 6.09 Å². The van der Waals surface area contributed by atoms with Crippen molar-refractivity contribution in [3.63, 3.8) is 0 Å². The summed E-state index contributed by atoms with van der Waals surface area (Å²) in [7, 11) is 0. The van der Waals surface area contributed by atoms with Crippen LogP contribution < -0.4 is 10.2 Å². The molecular formula is C21H31N3O3. The molecule has 1 N–H and O–H groups in total. The number of nitrogens with one attached hydrogen (secondary N) is 1. The van der Waals surface area contributed by atoms with Gasteiger partial charge in [-0.3, -0.25) is 4.79 Å². The van der Waals surface area contributed by atoms with E-state index < -0.39 is 5.60 Å². The van der Waals surface area contributed by atoms with Crippen LogP contribution in [0.1, 0.15) is 40.5 Å². The standard InChI is InChI=1S/C21H31N3O3/c1-15-13-24(18-8-6-5-7-17(18)22-19(15)25)14-16-9-11-23(12-10-16)20(26)27-21(2,3)4/h5-8,15-16H,9-14H2,1-4H3,(H,22,25)/t15-/m1/s1. The Balaban J connectivity index is 1.61. The van der Waals surface area contributed by atoms with E-state index >= 15 is 0 Å². The first-order chi connectivity index (χ1) is 12.7. The normalized spacial score (nSPS) is 21.3. The molecule has 0 saturated carbocycles. The zero-order chi connectivity index (χ0) is 19.6. The lowest BCUT2D eigenvalue weighted by atomic mass is 9.95. The Morgan fingerprint density at radius 2 is 1.89 bits per heavy atom. The molecule has 0 unspecified atom stereocenters. The van der Waals surface area contributed by atoms with Crippen LogP contribution in [0.15, 0.2) is 24.3 Å². The summed E-state index contributed by atoms with van der Waals surface area (Å²) in [5, 5.41) is 3.03. The molecule has 2 amide bonds. The molecule has 27 heavy (non-hydrogen) atoms. The first-order valence-electron chi connectivity index (χ1n) is 9.85. The lowest BCUT2D eigenvalue weighted by Crippen LogP contribution is -2.44. The molecule has 6 heteroatoms. The zero-order valence-electron chi connectivity index (χ0n) is 16.8. The van der Waals surface area contributed by atoms with E-state index in [1.165, 1.54) is 0 Å². The van der Waals surface area contributed by atoms with Crippen molar-refractivity contribution in [3.05, 3.63) is 24.3 Å². The minimum atomic E-state index is -0.459. The molecule has 1 aromatic carbocycles. The third kappa shape index (κ3) is 4.93. The number of rotatable bonds is 2. The van der Waals surface area contributed by atoms with Gasteiger partial charge in [-0.1, -0.05) is 19.1 Å². The summed E-state index contributed by atoms with van der Waals surface area (Å²) >= 11 is 0. The van der Waals surface area contributed by atoms with Gasteiger partial charge in [0.05, 0.1) is 17.3 Å². The molecule has 0 spiro atoms. The van der Waals surface area contributed by atoms with Gasteiger partial charge in [-0.15, -0.1) is 0 Å². The lowest BCUT2D eigenvalue weighted by molar-refractivity contribution is -0.119.